The number of thiocarbonyl (C=S) groups is 1. The Morgan fingerprint density at radius 3 is 2.87 bits per heavy atom. The second kappa shape index (κ2) is 6.61. The molecule has 2 heterocycles. The van der Waals surface area contributed by atoms with Gasteiger partial charge in [0, 0.05) is 18.3 Å². The van der Waals surface area contributed by atoms with Crippen molar-refractivity contribution in [2.75, 3.05) is 25.0 Å². The summed E-state index contributed by atoms with van der Waals surface area (Å²) in [6, 6.07) is 7.26. The van der Waals surface area contributed by atoms with E-state index in [0.29, 0.717) is 24.1 Å². The average Bonchev–Trinajstić information content (AvgIpc) is 3.22. The SMILES string of the molecule is CNC(=S)NCC1CN(c2ccc(-c3ncno3)cc2)C(=O)O1. The van der Waals surface area contributed by atoms with Crippen molar-refractivity contribution in [3.05, 3.63) is 30.6 Å². The molecule has 1 aromatic carbocycles. The molecule has 0 aliphatic carbocycles. The third kappa shape index (κ3) is 3.39. The van der Waals surface area contributed by atoms with Crippen LogP contribution in [0, 0.1) is 0 Å². The fourth-order valence-corrected chi connectivity index (χ4v) is 2.30. The van der Waals surface area contributed by atoms with Gasteiger partial charge in [-0.25, -0.2) is 4.79 Å². The molecule has 1 saturated heterocycles. The number of nitrogens with zero attached hydrogens (tertiary/aromatic N) is 3. The number of carbonyl (C=O) groups excluding carboxylic acids is 1. The Kier molecular flexibility index (Phi) is 4.38. The van der Waals surface area contributed by atoms with Crippen LogP contribution in [0.1, 0.15) is 0 Å². The number of ether oxygens (including phenoxy) is 1. The molecule has 0 saturated carbocycles. The number of amides is 1. The molecule has 1 unspecified atom stereocenters. The zero-order valence-electron chi connectivity index (χ0n) is 12.4. The highest BCUT2D eigenvalue weighted by Gasteiger charge is 2.32. The maximum atomic E-state index is 12.0. The summed E-state index contributed by atoms with van der Waals surface area (Å²) in [7, 11) is 1.73. The predicted octanol–water partition coefficient (Wildman–Crippen LogP) is 1.16. The first-order valence-electron chi connectivity index (χ1n) is 6.98. The van der Waals surface area contributed by atoms with Gasteiger partial charge in [-0.2, -0.15) is 4.98 Å². The van der Waals surface area contributed by atoms with E-state index in [1.807, 2.05) is 24.3 Å². The highest BCUT2D eigenvalue weighted by atomic mass is 32.1. The van der Waals surface area contributed by atoms with E-state index in [0.717, 1.165) is 11.3 Å². The Morgan fingerprint density at radius 1 is 1.43 bits per heavy atom. The van der Waals surface area contributed by atoms with Crippen molar-refractivity contribution >= 4 is 29.1 Å². The average molecular weight is 333 g/mol. The molecule has 0 spiro atoms. The van der Waals surface area contributed by atoms with E-state index in [-0.39, 0.29) is 12.2 Å². The Labute approximate surface area is 137 Å². The van der Waals surface area contributed by atoms with Gasteiger partial charge in [-0.1, -0.05) is 5.16 Å². The molecule has 2 aromatic rings. The van der Waals surface area contributed by atoms with E-state index >= 15 is 0 Å². The smallest absolute Gasteiger partial charge is 0.414 e. The minimum absolute atomic E-state index is 0.260. The number of carbonyl (C=O) groups is 1. The fraction of sp³-hybridized carbons (Fsp3) is 0.286. The fourth-order valence-electron chi connectivity index (χ4n) is 2.22. The van der Waals surface area contributed by atoms with Gasteiger partial charge in [0.05, 0.1) is 13.1 Å². The number of aromatic nitrogens is 2. The summed E-state index contributed by atoms with van der Waals surface area (Å²) in [5.74, 6) is 0.434. The summed E-state index contributed by atoms with van der Waals surface area (Å²) in [6.45, 7) is 0.917. The van der Waals surface area contributed by atoms with Crippen molar-refractivity contribution in [3.63, 3.8) is 0 Å². The van der Waals surface area contributed by atoms with Crippen LogP contribution < -0.4 is 15.5 Å². The van der Waals surface area contributed by atoms with Gasteiger partial charge in [0.1, 0.15) is 6.10 Å². The number of hydrogen-bond acceptors (Lipinski definition) is 6. The molecular weight excluding hydrogens is 318 g/mol. The van der Waals surface area contributed by atoms with Gasteiger partial charge in [0.15, 0.2) is 11.4 Å². The van der Waals surface area contributed by atoms with Gasteiger partial charge in [0.25, 0.3) is 5.89 Å². The molecular formula is C14H15N5O3S. The zero-order valence-corrected chi connectivity index (χ0v) is 13.2. The van der Waals surface area contributed by atoms with Gasteiger partial charge in [-0.05, 0) is 36.5 Å². The Balaban J connectivity index is 1.65. The predicted molar refractivity (Wildman–Crippen MR) is 87.0 cm³/mol. The van der Waals surface area contributed by atoms with E-state index in [1.165, 1.54) is 6.33 Å². The minimum atomic E-state index is -0.377. The van der Waals surface area contributed by atoms with Crippen LogP contribution in [-0.2, 0) is 4.74 Å². The number of anilines is 1. The highest BCUT2D eigenvalue weighted by Crippen LogP contribution is 2.24. The van der Waals surface area contributed by atoms with Crippen molar-refractivity contribution in [1.29, 1.82) is 0 Å². The highest BCUT2D eigenvalue weighted by molar-refractivity contribution is 7.80. The van der Waals surface area contributed by atoms with Gasteiger partial charge in [0.2, 0.25) is 0 Å². The van der Waals surface area contributed by atoms with Gasteiger partial charge in [-0.15, -0.1) is 0 Å². The van der Waals surface area contributed by atoms with Crippen LogP contribution in [0.2, 0.25) is 0 Å². The number of nitrogens with one attached hydrogen (secondary N) is 2. The second-order valence-corrected chi connectivity index (χ2v) is 5.28. The maximum Gasteiger partial charge on any atom is 0.414 e. The lowest BCUT2D eigenvalue weighted by Gasteiger charge is -2.13. The molecule has 1 atom stereocenters. The monoisotopic (exact) mass is 333 g/mol. The molecule has 1 amide bonds. The Bertz CT molecular complexity index is 689. The van der Waals surface area contributed by atoms with Crippen LogP contribution in [0.5, 0.6) is 0 Å². The zero-order chi connectivity index (χ0) is 16.2. The maximum absolute atomic E-state index is 12.0. The van der Waals surface area contributed by atoms with E-state index in [1.54, 1.807) is 11.9 Å². The third-order valence-corrected chi connectivity index (χ3v) is 3.73. The number of rotatable bonds is 4. The summed E-state index contributed by atoms with van der Waals surface area (Å²) in [5, 5.41) is 9.88. The Morgan fingerprint density at radius 2 is 2.22 bits per heavy atom. The standard InChI is InChI=1S/C14H15N5O3S/c1-15-13(23)16-6-11-7-19(14(20)21-11)10-4-2-9(3-5-10)12-17-8-18-22-12/h2-5,8,11H,6-7H2,1H3,(H2,15,16,23). The van der Waals surface area contributed by atoms with Crippen LogP contribution in [0.25, 0.3) is 11.5 Å². The summed E-state index contributed by atoms with van der Waals surface area (Å²) in [6.07, 6.45) is 0.705. The summed E-state index contributed by atoms with van der Waals surface area (Å²) < 4.78 is 10.3. The van der Waals surface area contributed by atoms with Crippen molar-refractivity contribution in [3.8, 4) is 11.5 Å². The largest absolute Gasteiger partial charge is 0.442 e. The molecule has 3 rings (SSSR count). The van der Waals surface area contributed by atoms with Crippen molar-refractivity contribution in [1.82, 2.24) is 20.8 Å². The van der Waals surface area contributed by atoms with E-state index in [4.69, 9.17) is 21.5 Å². The van der Waals surface area contributed by atoms with Gasteiger partial charge < -0.3 is 19.9 Å². The summed E-state index contributed by atoms with van der Waals surface area (Å²) >= 11 is 5.00. The lowest BCUT2D eigenvalue weighted by Crippen LogP contribution is -2.39. The summed E-state index contributed by atoms with van der Waals surface area (Å²) in [5.41, 5.74) is 1.54. The van der Waals surface area contributed by atoms with Crippen LogP contribution in [-0.4, -0.2) is 47.6 Å². The Hall–Kier alpha value is -2.68. The van der Waals surface area contributed by atoms with Crippen LogP contribution in [0.3, 0.4) is 0 Å². The number of benzene rings is 1. The second-order valence-electron chi connectivity index (χ2n) is 4.87. The first-order valence-corrected chi connectivity index (χ1v) is 7.39. The molecule has 0 bridgehead atoms. The summed E-state index contributed by atoms with van der Waals surface area (Å²) in [4.78, 5) is 17.6. The molecule has 9 heteroatoms. The third-order valence-electron chi connectivity index (χ3n) is 3.38. The topological polar surface area (TPSA) is 92.5 Å². The molecule has 8 nitrogen and oxygen atoms in total. The van der Waals surface area contributed by atoms with Crippen molar-refractivity contribution in [2.24, 2.45) is 0 Å². The number of hydrogen-bond donors (Lipinski definition) is 2. The first-order chi connectivity index (χ1) is 11.2. The van der Waals surface area contributed by atoms with E-state index in [9.17, 15) is 4.79 Å². The molecule has 0 radical (unpaired) electrons. The molecule has 23 heavy (non-hydrogen) atoms. The lowest BCUT2D eigenvalue weighted by molar-refractivity contribution is 0.143. The quantitative estimate of drug-likeness (QED) is 0.805. The minimum Gasteiger partial charge on any atom is -0.442 e. The molecule has 1 fully saturated rings. The van der Waals surface area contributed by atoms with Crippen LogP contribution in [0.4, 0.5) is 10.5 Å². The first kappa shape index (κ1) is 15.2. The van der Waals surface area contributed by atoms with Gasteiger partial charge in [-0.3, -0.25) is 4.90 Å². The molecule has 120 valence electrons. The van der Waals surface area contributed by atoms with Crippen molar-refractivity contribution in [2.45, 2.75) is 6.10 Å². The van der Waals surface area contributed by atoms with E-state index < -0.39 is 0 Å². The van der Waals surface area contributed by atoms with Gasteiger partial charge >= 0.3 is 6.09 Å². The van der Waals surface area contributed by atoms with E-state index in [2.05, 4.69) is 20.8 Å². The molecule has 1 aliphatic heterocycles. The number of cyclic esters (lactones) is 1. The van der Waals surface area contributed by atoms with Crippen molar-refractivity contribution < 1.29 is 14.1 Å². The van der Waals surface area contributed by atoms with Crippen LogP contribution in [0.15, 0.2) is 35.1 Å². The normalized spacial score (nSPS) is 17.0. The molecule has 2 N–H and O–H groups in total. The molecule has 1 aromatic heterocycles. The molecule has 1 aliphatic rings. The lowest BCUT2D eigenvalue weighted by atomic mass is 10.2. The van der Waals surface area contributed by atoms with Crippen LogP contribution >= 0.6 is 12.2 Å².